The summed E-state index contributed by atoms with van der Waals surface area (Å²) in [5, 5.41) is 4.09. The van der Waals surface area contributed by atoms with E-state index in [1.165, 1.54) is 6.07 Å². The van der Waals surface area contributed by atoms with Crippen LogP contribution in [0.4, 0.5) is 0 Å². The smallest absolute Gasteiger partial charge is 0.329 e. The fraction of sp³-hybridized carbons (Fsp3) is 0.261. The molecule has 0 saturated heterocycles. The standard InChI is InChI=1S/C23H21ClN2O4/c24-17-9-7-15(8-10-17)22(28)26-20(23(29)30-13-14-5-6-14)11-16-12-21(27)25-19-4-2-1-3-18(16)19/h1-4,7-10,12,14,20H,5-6,11,13H2,(H,25,27)(H,26,28). The van der Waals surface area contributed by atoms with Gasteiger partial charge in [-0.3, -0.25) is 9.59 Å². The lowest BCUT2D eigenvalue weighted by Crippen LogP contribution is -2.43. The molecule has 0 spiro atoms. The summed E-state index contributed by atoms with van der Waals surface area (Å²) in [7, 11) is 0. The average Bonchev–Trinajstić information content (AvgIpc) is 3.56. The number of rotatable bonds is 7. The number of aromatic nitrogens is 1. The molecule has 3 aromatic rings. The number of benzene rings is 2. The van der Waals surface area contributed by atoms with Crippen LogP contribution in [0, 0.1) is 5.92 Å². The minimum Gasteiger partial charge on any atom is -0.464 e. The molecule has 1 aliphatic rings. The van der Waals surface area contributed by atoms with Crippen LogP contribution in [0.5, 0.6) is 0 Å². The molecule has 1 amide bonds. The number of pyridine rings is 1. The van der Waals surface area contributed by atoms with Crippen LogP contribution in [-0.4, -0.2) is 29.5 Å². The molecule has 6 nitrogen and oxygen atoms in total. The summed E-state index contributed by atoms with van der Waals surface area (Å²) >= 11 is 5.89. The lowest BCUT2D eigenvalue weighted by atomic mass is 10.0. The Labute approximate surface area is 178 Å². The molecule has 1 aliphatic carbocycles. The van der Waals surface area contributed by atoms with Gasteiger partial charge in [0, 0.05) is 34.0 Å². The maximum atomic E-state index is 12.8. The summed E-state index contributed by atoms with van der Waals surface area (Å²) in [6.07, 6.45) is 2.24. The van der Waals surface area contributed by atoms with Crippen LogP contribution in [-0.2, 0) is 16.0 Å². The molecular formula is C23H21ClN2O4. The first-order chi connectivity index (χ1) is 14.5. The molecule has 1 fully saturated rings. The van der Waals surface area contributed by atoms with Crippen molar-refractivity contribution in [3.8, 4) is 0 Å². The Bertz CT molecular complexity index is 1140. The Kier molecular flexibility index (Phi) is 5.86. The zero-order chi connectivity index (χ0) is 21.1. The highest BCUT2D eigenvalue weighted by molar-refractivity contribution is 6.30. The van der Waals surface area contributed by atoms with Gasteiger partial charge in [-0.25, -0.2) is 4.79 Å². The number of H-pyrrole nitrogens is 1. The largest absolute Gasteiger partial charge is 0.464 e. The number of esters is 1. The van der Waals surface area contributed by atoms with E-state index < -0.39 is 17.9 Å². The number of hydrogen-bond acceptors (Lipinski definition) is 4. The van der Waals surface area contributed by atoms with Crippen LogP contribution in [0.25, 0.3) is 10.9 Å². The molecule has 0 aliphatic heterocycles. The van der Waals surface area contributed by atoms with Gasteiger partial charge < -0.3 is 15.0 Å². The monoisotopic (exact) mass is 424 g/mol. The predicted octanol–water partition coefficient (Wildman–Crippen LogP) is 3.48. The summed E-state index contributed by atoms with van der Waals surface area (Å²) in [4.78, 5) is 40.4. The maximum absolute atomic E-state index is 12.8. The summed E-state index contributed by atoms with van der Waals surface area (Å²) in [6.45, 7) is 0.349. The van der Waals surface area contributed by atoms with Gasteiger partial charge in [0.05, 0.1) is 6.61 Å². The van der Waals surface area contributed by atoms with Crippen molar-refractivity contribution >= 4 is 34.4 Å². The number of aromatic amines is 1. The number of hydrogen-bond donors (Lipinski definition) is 2. The molecule has 1 aromatic heterocycles. The lowest BCUT2D eigenvalue weighted by Gasteiger charge is -2.19. The van der Waals surface area contributed by atoms with Gasteiger partial charge in [0.25, 0.3) is 5.91 Å². The Morgan fingerprint density at radius 1 is 1.13 bits per heavy atom. The minimum absolute atomic E-state index is 0.146. The molecule has 30 heavy (non-hydrogen) atoms. The fourth-order valence-corrected chi connectivity index (χ4v) is 3.41. The highest BCUT2D eigenvalue weighted by Gasteiger charge is 2.28. The first-order valence-electron chi connectivity index (χ1n) is 9.83. The second kappa shape index (κ2) is 8.71. The zero-order valence-corrected chi connectivity index (χ0v) is 16.9. The van der Waals surface area contributed by atoms with Crippen molar-refractivity contribution in [3.05, 3.63) is 81.1 Å². The first-order valence-corrected chi connectivity index (χ1v) is 10.2. The van der Waals surface area contributed by atoms with Crippen molar-refractivity contribution in [2.24, 2.45) is 5.92 Å². The summed E-state index contributed by atoms with van der Waals surface area (Å²) in [5.74, 6) is -0.510. The van der Waals surface area contributed by atoms with Crippen LogP contribution in [0.3, 0.4) is 0 Å². The molecule has 0 radical (unpaired) electrons. The summed E-state index contributed by atoms with van der Waals surface area (Å²) in [6, 6.07) is 14.3. The molecule has 1 heterocycles. The van der Waals surface area contributed by atoms with Gasteiger partial charge in [0.1, 0.15) is 6.04 Å². The quantitative estimate of drug-likeness (QED) is 0.568. The van der Waals surface area contributed by atoms with Crippen molar-refractivity contribution < 1.29 is 14.3 Å². The van der Waals surface area contributed by atoms with Gasteiger partial charge in [-0.05, 0) is 54.7 Å². The van der Waals surface area contributed by atoms with Crippen LogP contribution in [0.15, 0.2) is 59.4 Å². The predicted molar refractivity (Wildman–Crippen MR) is 115 cm³/mol. The third-order valence-corrected chi connectivity index (χ3v) is 5.37. The van der Waals surface area contributed by atoms with Gasteiger partial charge in [0.15, 0.2) is 0 Å². The van der Waals surface area contributed by atoms with E-state index in [-0.39, 0.29) is 12.0 Å². The SMILES string of the molecule is O=C(NC(Cc1cc(=O)[nH]c2ccccc12)C(=O)OCC1CC1)c1ccc(Cl)cc1. The van der Waals surface area contributed by atoms with E-state index in [4.69, 9.17) is 16.3 Å². The van der Waals surface area contributed by atoms with E-state index in [9.17, 15) is 14.4 Å². The molecule has 1 atom stereocenters. The van der Waals surface area contributed by atoms with E-state index in [0.717, 1.165) is 18.2 Å². The normalized spacial score (nSPS) is 14.3. The van der Waals surface area contributed by atoms with E-state index >= 15 is 0 Å². The van der Waals surface area contributed by atoms with Crippen LogP contribution >= 0.6 is 11.6 Å². The maximum Gasteiger partial charge on any atom is 0.329 e. The average molecular weight is 425 g/mol. The molecule has 4 rings (SSSR count). The molecule has 2 N–H and O–H groups in total. The first kappa shape index (κ1) is 20.2. The minimum atomic E-state index is -0.919. The van der Waals surface area contributed by atoms with Gasteiger partial charge in [-0.1, -0.05) is 29.8 Å². The molecule has 0 bridgehead atoms. The Balaban J connectivity index is 1.60. The summed E-state index contributed by atoms with van der Waals surface area (Å²) < 4.78 is 5.44. The highest BCUT2D eigenvalue weighted by Crippen LogP contribution is 2.29. The lowest BCUT2D eigenvalue weighted by molar-refractivity contribution is -0.146. The van der Waals surface area contributed by atoms with Crippen molar-refractivity contribution in [3.63, 3.8) is 0 Å². The van der Waals surface area contributed by atoms with Gasteiger partial charge in [-0.2, -0.15) is 0 Å². The number of amides is 1. The molecular weight excluding hydrogens is 404 g/mol. The summed E-state index contributed by atoms with van der Waals surface area (Å²) in [5.41, 5.74) is 1.46. The third-order valence-electron chi connectivity index (χ3n) is 5.11. The molecule has 7 heteroatoms. The second-order valence-corrected chi connectivity index (χ2v) is 7.95. The van der Waals surface area contributed by atoms with Gasteiger partial charge in [0.2, 0.25) is 5.56 Å². The Morgan fingerprint density at radius 2 is 1.87 bits per heavy atom. The van der Waals surface area contributed by atoms with Crippen molar-refractivity contribution in [2.75, 3.05) is 6.61 Å². The highest BCUT2D eigenvalue weighted by atomic mass is 35.5. The van der Waals surface area contributed by atoms with Gasteiger partial charge >= 0.3 is 5.97 Å². The van der Waals surface area contributed by atoms with Gasteiger partial charge in [-0.15, -0.1) is 0 Å². The van der Waals surface area contributed by atoms with E-state index in [0.29, 0.717) is 34.2 Å². The van der Waals surface area contributed by atoms with Crippen molar-refractivity contribution in [2.45, 2.75) is 25.3 Å². The number of para-hydroxylation sites is 1. The number of fused-ring (bicyclic) bond motifs is 1. The molecule has 2 aromatic carbocycles. The molecule has 1 unspecified atom stereocenters. The number of ether oxygens (including phenoxy) is 1. The third kappa shape index (κ3) is 4.89. The number of halogens is 1. The van der Waals surface area contributed by atoms with Crippen LogP contribution in [0.2, 0.25) is 5.02 Å². The van der Waals surface area contributed by atoms with E-state index in [1.54, 1.807) is 30.3 Å². The molecule has 154 valence electrons. The second-order valence-electron chi connectivity index (χ2n) is 7.51. The van der Waals surface area contributed by atoms with Crippen molar-refractivity contribution in [1.82, 2.24) is 10.3 Å². The van der Waals surface area contributed by atoms with Crippen molar-refractivity contribution in [1.29, 1.82) is 0 Å². The number of carbonyl (C=O) groups is 2. The van der Waals surface area contributed by atoms with Crippen LogP contribution in [0.1, 0.15) is 28.8 Å². The number of carbonyl (C=O) groups excluding carboxylic acids is 2. The fourth-order valence-electron chi connectivity index (χ4n) is 3.29. The van der Waals surface area contributed by atoms with E-state index in [2.05, 4.69) is 10.3 Å². The van der Waals surface area contributed by atoms with Crippen LogP contribution < -0.4 is 10.9 Å². The Hall–Kier alpha value is -3.12. The number of nitrogens with one attached hydrogen (secondary N) is 2. The Morgan fingerprint density at radius 3 is 2.60 bits per heavy atom. The topological polar surface area (TPSA) is 88.3 Å². The zero-order valence-electron chi connectivity index (χ0n) is 16.2. The molecule has 1 saturated carbocycles. The van der Waals surface area contributed by atoms with E-state index in [1.807, 2.05) is 18.2 Å².